The monoisotopic (exact) mass is 253 g/mol. The second-order valence-corrected chi connectivity index (χ2v) is 5.85. The van der Waals surface area contributed by atoms with Crippen molar-refractivity contribution in [2.45, 2.75) is 53.1 Å². The van der Waals surface area contributed by atoms with Crippen molar-refractivity contribution in [2.75, 3.05) is 14.2 Å². The molecule has 1 unspecified atom stereocenters. The van der Waals surface area contributed by atoms with E-state index in [0.29, 0.717) is 11.5 Å². The lowest BCUT2D eigenvalue weighted by Gasteiger charge is -2.24. The van der Waals surface area contributed by atoms with Crippen LogP contribution in [0.4, 0.5) is 0 Å². The third-order valence-corrected chi connectivity index (χ3v) is 3.23. The predicted octanol–water partition coefficient (Wildman–Crippen LogP) is 3.00. The quantitative estimate of drug-likeness (QED) is 0.847. The van der Waals surface area contributed by atoms with Gasteiger partial charge in [-0.1, -0.05) is 20.8 Å². The molecule has 1 heterocycles. The minimum Gasteiger partial charge on any atom is -0.493 e. The first-order chi connectivity index (χ1) is 8.42. The van der Waals surface area contributed by atoms with Gasteiger partial charge in [0.2, 0.25) is 0 Å². The first-order valence-electron chi connectivity index (χ1n) is 6.70. The molecular weight excluding hydrogens is 226 g/mol. The minimum absolute atomic E-state index is 0.293. The van der Waals surface area contributed by atoms with Gasteiger partial charge < -0.3 is 10.1 Å². The van der Waals surface area contributed by atoms with E-state index < -0.39 is 0 Å². The van der Waals surface area contributed by atoms with E-state index in [-0.39, 0.29) is 0 Å². The Morgan fingerprint density at radius 2 is 2.11 bits per heavy atom. The van der Waals surface area contributed by atoms with Crippen LogP contribution in [0.2, 0.25) is 0 Å². The molecular formula is C14H27N3O. The van der Waals surface area contributed by atoms with E-state index in [0.717, 1.165) is 30.8 Å². The van der Waals surface area contributed by atoms with E-state index in [1.165, 1.54) is 0 Å². The average molecular weight is 253 g/mol. The summed E-state index contributed by atoms with van der Waals surface area (Å²) in [5.41, 5.74) is 1.51. The number of aromatic nitrogens is 2. The minimum atomic E-state index is 0.293. The third kappa shape index (κ3) is 3.73. The Hall–Kier alpha value is -1.03. The van der Waals surface area contributed by atoms with Crippen LogP contribution in [0.1, 0.15) is 52.3 Å². The van der Waals surface area contributed by atoms with Gasteiger partial charge in [-0.25, -0.2) is 0 Å². The zero-order valence-electron chi connectivity index (χ0n) is 12.6. The number of ether oxygens (including phenoxy) is 1. The van der Waals surface area contributed by atoms with Gasteiger partial charge in [0.25, 0.3) is 0 Å². The number of hydrogen-bond acceptors (Lipinski definition) is 3. The molecule has 0 aromatic carbocycles. The second kappa shape index (κ2) is 6.23. The van der Waals surface area contributed by atoms with Gasteiger partial charge in [-0.2, -0.15) is 5.10 Å². The van der Waals surface area contributed by atoms with Crippen molar-refractivity contribution >= 4 is 0 Å². The number of nitrogens with zero attached hydrogens (tertiary/aromatic N) is 2. The Kier molecular flexibility index (Phi) is 5.20. The predicted molar refractivity (Wildman–Crippen MR) is 74.9 cm³/mol. The van der Waals surface area contributed by atoms with Crippen LogP contribution in [0, 0.1) is 5.41 Å². The van der Waals surface area contributed by atoms with Crippen LogP contribution in [0.25, 0.3) is 0 Å². The van der Waals surface area contributed by atoms with Crippen LogP contribution in [0.15, 0.2) is 6.20 Å². The molecule has 1 aromatic rings. The molecule has 4 heteroatoms. The van der Waals surface area contributed by atoms with Crippen molar-refractivity contribution in [3.8, 4) is 5.75 Å². The van der Waals surface area contributed by atoms with E-state index in [9.17, 15) is 0 Å². The molecule has 0 amide bonds. The standard InChI is InChI=1S/C14H27N3O/c1-7-17-13(12(18-6)10-16-17)11(15-5)8-9-14(2,3)4/h10-11,15H,7-9H2,1-6H3. The Balaban J connectivity index is 2.90. The van der Waals surface area contributed by atoms with Gasteiger partial charge in [-0.15, -0.1) is 0 Å². The average Bonchev–Trinajstić information content (AvgIpc) is 2.71. The fourth-order valence-electron chi connectivity index (χ4n) is 2.13. The zero-order valence-corrected chi connectivity index (χ0v) is 12.6. The fraction of sp³-hybridized carbons (Fsp3) is 0.786. The first-order valence-corrected chi connectivity index (χ1v) is 6.70. The van der Waals surface area contributed by atoms with Crippen LogP contribution < -0.4 is 10.1 Å². The van der Waals surface area contributed by atoms with E-state index in [4.69, 9.17) is 4.74 Å². The Bertz CT molecular complexity index is 344. The van der Waals surface area contributed by atoms with Crippen LogP contribution in [-0.4, -0.2) is 23.9 Å². The molecule has 104 valence electrons. The molecule has 0 radical (unpaired) electrons. The summed E-state index contributed by atoms with van der Waals surface area (Å²) in [5.74, 6) is 0.880. The highest BCUT2D eigenvalue weighted by Gasteiger charge is 2.22. The van der Waals surface area contributed by atoms with E-state index >= 15 is 0 Å². The SMILES string of the molecule is CCn1ncc(OC)c1C(CCC(C)(C)C)NC. The molecule has 18 heavy (non-hydrogen) atoms. The highest BCUT2D eigenvalue weighted by atomic mass is 16.5. The Morgan fingerprint density at radius 3 is 2.56 bits per heavy atom. The van der Waals surface area contributed by atoms with Crippen LogP contribution in [0.3, 0.4) is 0 Å². The molecule has 0 saturated heterocycles. The van der Waals surface area contributed by atoms with Crippen LogP contribution in [0.5, 0.6) is 5.75 Å². The largest absolute Gasteiger partial charge is 0.493 e. The summed E-state index contributed by atoms with van der Waals surface area (Å²) in [6.45, 7) is 9.79. The summed E-state index contributed by atoms with van der Waals surface area (Å²) in [5, 5.41) is 7.76. The lowest BCUT2D eigenvalue weighted by molar-refractivity contribution is 0.324. The fourth-order valence-corrected chi connectivity index (χ4v) is 2.13. The van der Waals surface area contributed by atoms with Crippen molar-refractivity contribution < 1.29 is 4.74 Å². The third-order valence-electron chi connectivity index (χ3n) is 3.23. The van der Waals surface area contributed by atoms with E-state index in [2.05, 4.69) is 38.1 Å². The highest BCUT2D eigenvalue weighted by Crippen LogP contribution is 2.31. The Labute approximate surface area is 111 Å². The van der Waals surface area contributed by atoms with Gasteiger partial charge in [-0.05, 0) is 32.2 Å². The second-order valence-electron chi connectivity index (χ2n) is 5.85. The summed E-state index contributed by atoms with van der Waals surface area (Å²) in [4.78, 5) is 0. The summed E-state index contributed by atoms with van der Waals surface area (Å²) >= 11 is 0. The highest BCUT2D eigenvalue weighted by molar-refractivity contribution is 5.28. The van der Waals surface area contributed by atoms with E-state index in [1.54, 1.807) is 13.3 Å². The zero-order chi connectivity index (χ0) is 13.8. The van der Waals surface area contributed by atoms with Gasteiger partial charge in [0.15, 0.2) is 5.75 Å². The molecule has 0 aliphatic carbocycles. The molecule has 1 rings (SSSR count). The van der Waals surface area contributed by atoms with Crippen molar-refractivity contribution in [1.82, 2.24) is 15.1 Å². The van der Waals surface area contributed by atoms with Crippen molar-refractivity contribution in [1.29, 1.82) is 0 Å². The molecule has 0 fully saturated rings. The molecule has 1 N–H and O–H groups in total. The van der Waals surface area contributed by atoms with Crippen molar-refractivity contribution in [2.24, 2.45) is 5.41 Å². The lowest BCUT2D eigenvalue weighted by Crippen LogP contribution is -2.22. The molecule has 1 aromatic heterocycles. The van der Waals surface area contributed by atoms with Crippen molar-refractivity contribution in [3.05, 3.63) is 11.9 Å². The molecule has 4 nitrogen and oxygen atoms in total. The number of hydrogen-bond donors (Lipinski definition) is 1. The maximum atomic E-state index is 5.42. The normalized spacial score (nSPS) is 13.7. The Morgan fingerprint density at radius 1 is 1.44 bits per heavy atom. The maximum absolute atomic E-state index is 5.42. The summed E-state index contributed by atoms with van der Waals surface area (Å²) < 4.78 is 7.44. The summed E-state index contributed by atoms with van der Waals surface area (Å²) in [7, 11) is 3.71. The smallest absolute Gasteiger partial charge is 0.161 e. The number of rotatable bonds is 6. The molecule has 1 atom stereocenters. The molecule has 0 aliphatic heterocycles. The topological polar surface area (TPSA) is 39.1 Å². The van der Waals surface area contributed by atoms with E-state index in [1.807, 2.05) is 11.7 Å². The first kappa shape index (κ1) is 15.0. The maximum Gasteiger partial charge on any atom is 0.161 e. The van der Waals surface area contributed by atoms with Gasteiger partial charge in [-0.3, -0.25) is 4.68 Å². The van der Waals surface area contributed by atoms with Crippen molar-refractivity contribution in [3.63, 3.8) is 0 Å². The van der Waals surface area contributed by atoms with Crippen LogP contribution in [-0.2, 0) is 6.54 Å². The van der Waals surface area contributed by atoms with Gasteiger partial charge in [0.1, 0.15) is 0 Å². The van der Waals surface area contributed by atoms with Gasteiger partial charge >= 0.3 is 0 Å². The van der Waals surface area contributed by atoms with Gasteiger partial charge in [0, 0.05) is 6.54 Å². The molecule has 0 spiro atoms. The van der Waals surface area contributed by atoms with Gasteiger partial charge in [0.05, 0.1) is 25.0 Å². The lowest BCUT2D eigenvalue weighted by atomic mass is 9.88. The molecule has 0 aliphatic rings. The molecule has 0 saturated carbocycles. The number of nitrogens with one attached hydrogen (secondary N) is 1. The number of methoxy groups -OCH3 is 1. The molecule has 0 bridgehead atoms. The number of aryl methyl sites for hydroxylation is 1. The summed E-state index contributed by atoms with van der Waals surface area (Å²) in [6.07, 6.45) is 4.05. The summed E-state index contributed by atoms with van der Waals surface area (Å²) in [6, 6.07) is 0.293. The van der Waals surface area contributed by atoms with Crippen LogP contribution >= 0.6 is 0 Å².